The summed E-state index contributed by atoms with van der Waals surface area (Å²) in [5, 5.41) is 9.56. The fourth-order valence-electron chi connectivity index (χ4n) is 2.75. The summed E-state index contributed by atoms with van der Waals surface area (Å²) in [7, 11) is 2.04. The van der Waals surface area contributed by atoms with Crippen LogP contribution < -0.4 is 5.32 Å². The van der Waals surface area contributed by atoms with E-state index in [0.717, 1.165) is 23.5 Å². The van der Waals surface area contributed by atoms with Gasteiger partial charge in [0.15, 0.2) is 0 Å². The molecule has 3 unspecified atom stereocenters. The molecule has 1 aromatic heterocycles. The average molecular weight is 314 g/mol. The predicted octanol–water partition coefficient (Wildman–Crippen LogP) is 2.96. The van der Waals surface area contributed by atoms with E-state index in [1.54, 1.807) is 0 Å². The summed E-state index contributed by atoms with van der Waals surface area (Å²) >= 11 is 4.30. The fourth-order valence-corrected chi connectivity index (χ4v) is 5.75. The first-order valence-corrected chi connectivity index (χ1v) is 9.75. The fraction of sp³-hybridized carbons (Fsp3) is 0.800. The minimum Gasteiger partial charge on any atom is -0.313 e. The first-order chi connectivity index (χ1) is 9.72. The number of hydrogen-bond acceptors (Lipinski definition) is 4. The number of aromatic nitrogens is 2. The highest BCUT2D eigenvalue weighted by Crippen LogP contribution is 2.34. The Morgan fingerprint density at radius 2 is 2.25 bits per heavy atom. The Hall–Kier alpha value is -0.130. The van der Waals surface area contributed by atoms with Crippen LogP contribution in [-0.2, 0) is 13.5 Å². The van der Waals surface area contributed by atoms with Crippen LogP contribution in [0.1, 0.15) is 32.4 Å². The topological polar surface area (TPSA) is 29.9 Å². The van der Waals surface area contributed by atoms with Crippen LogP contribution in [0.2, 0.25) is 0 Å². The van der Waals surface area contributed by atoms with Crippen molar-refractivity contribution in [1.29, 1.82) is 0 Å². The molecule has 0 amide bonds. The maximum atomic E-state index is 4.27. The van der Waals surface area contributed by atoms with Crippen molar-refractivity contribution in [3.05, 3.63) is 18.0 Å². The summed E-state index contributed by atoms with van der Waals surface area (Å²) in [6.07, 6.45) is 5.44. The van der Waals surface area contributed by atoms with Crippen LogP contribution in [0.25, 0.3) is 0 Å². The molecule has 0 radical (unpaired) electrons. The van der Waals surface area contributed by atoms with Gasteiger partial charge in [0.1, 0.15) is 0 Å². The standard InChI is InChI=1S/C15H27N3S2/c1-4-8-16-14(15-12(2)19-10-11-20-15)6-5-13-7-9-17-18(13)3/h7,9,12,14-16H,4-6,8,10-11H2,1-3H3. The van der Waals surface area contributed by atoms with Gasteiger partial charge in [-0.3, -0.25) is 4.68 Å². The second-order valence-corrected chi connectivity index (χ2v) is 8.23. The molecule has 0 saturated carbocycles. The number of aryl methyl sites for hydroxylation is 2. The van der Waals surface area contributed by atoms with Crippen molar-refractivity contribution in [2.45, 2.75) is 49.7 Å². The predicted molar refractivity (Wildman–Crippen MR) is 91.8 cm³/mol. The molecule has 2 heterocycles. The summed E-state index contributed by atoms with van der Waals surface area (Å²) in [5.74, 6) is 2.61. The third-order valence-electron chi connectivity index (χ3n) is 3.92. The van der Waals surface area contributed by atoms with E-state index < -0.39 is 0 Å². The Labute approximate surface area is 131 Å². The maximum absolute atomic E-state index is 4.27. The zero-order valence-corrected chi connectivity index (χ0v) is 14.5. The molecule has 114 valence electrons. The van der Waals surface area contributed by atoms with Crippen LogP contribution in [0.15, 0.2) is 12.3 Å². The van der Waals surface area contributed by atoms with Gasteiger partial charge in [0, 0.05) is 47.0 Å². The Bertz CT molecular complexity index is 394. The largest absolute Gasteiger partial charge is 0.313 e. The molecule has 1 fully saturated rings. The minimum absolute atomic E-state index is 0.623. The highest BCUT2D eigenvalue weighted by Gasteiger charge is 2.29. The zero-order chi connectivity index (χ0) is 14.4. The summed E-state index contributed by atoms with van der Waals surface area (Å²) in [6.45, 7) is 5.77. The number of rotatable bonds is 7. The first kappa shape index (κ1) is 16.2. The highest BCUT2D eigenvalue weighted by atomic mass is 32.2. The quantitative estimate of drug-likeness (QED) is 0.838. The molecule has 1 N–H and O–H groups in total. The molecule has 1 saturated heterocycles. The Kier molecular flexibility index (Phi) is 6.78. The summed E-state index contributed by atoms with van der Waals surface area (Å²) in [5.41, 5.74) is 1.34. The van der Waals surface area contributed by atoms with Gasteiger partial charge in [-0.25, -0.2) is 0 Å². The lowest BCUT2D eigenvalue weighted by molar-refractivity contribution is 0.456. The van der Waals surface area contributed by atoms with Gasteiger partial charge in [0.05, 0.1) is 0 Å². The number of nitrogens with zero attached hydrogens (tertiary/aromatic N) is 2. The molecular formula is C15H27N3S2. The molecule has 0 aromatic carbocycles. The molecule has 0 bridgehead atoms. The molecule has 5 heteroatoms. The van der Waals surface area contributed by atoms with Gasteiger partial charge in [-0.2, -0.15) is 28.6 Å². The van der Waals surface area contributed by atoms with Gasteiger partial charge in [-0.05, 0) is 31.9 Å². The lowest BCUT2D eigenvalue weighted by Gasteiger charge is -2.35. The van der Waals surface area contributed by atoms with Crippen LogP contribution in [0.5, 0.6) is 0 Å². The highest BCUT2D eigenvalue weighted by molar-refractivity contribution is 8.07. The molecule has 0 spiro atoms. The van der Waals surface area contributed by atoms with Gasteiger partial charge in [0.25, 0.3) is 0 Å². The minimum atomic E-state index is 0.623. The van der Waals surface area contributed by atoms with E-state index in [0.29, 0.717) is 6.04 Å². The van der Waals surface area contributed by atoms with Crippen LogP contribution in [0, 0.1) is 0 Å². The summed E-state index contributed by atoms with van der Waals surface area (Å²) in [4.78, 5) is 0. The van der Waals surface area contributed by atoms with Crippen molar-refractivity contribution in [3.8, 4) is 0 Å². The van der Waals surface area contributed by atoms with Crippen molar-refractivity contribution < 1.29 is 0 Å². The molecule has 2 rings (SSSR count). The van der Waals surface area contributed by atoms with Crippen LogP contribution in [0.3, 0.4) is 0 Å². The van der Waals surface area contributed by atoms with Gasteiger partial charge >= 0.3 is 0 Å². The molecule has 3 atom stereocenters. The smallest absolute Gasteiger partial charge is 0.0492 e. The van der Waals surface area contributed by atoms with Gasteiger partial charge < -0.3 is 5.32 Å². The molecule has 20 heavy (non-hydrogen) atoms. The molecule has 1 aromatic rings. The van der Waals surface area contributed by atoms with Crippen LogP contribution in [-0.4, -0.2) is 44.4 Å². The van der Waals surface area contributed by atoms with Crippen molar-refractivity contribution in [2.75, 3.05) is 18.1 Å². The van der Waals surface area contributed by atoms with E-state index >= 15 is 0 Å². The molecular weight excluding hydrogens is 286 g/mol. The molecule has 0 aliphatic carbocycles. The van der Waals surface area contributed by atoms with E-state index in [1.165, 1.54) is 30.0 Å². The molecule has 1 aliphatic rings. The second kappa shape index (κ2) is 8.35. The van der Waals surface area contributed by atoms with Gasteiger partial charge in [0.2, 0.25) is 0 Å². The summed E-state index contributed by atoms with van der Waals surface area (Å²) < 4.78 is 2.00. The van der Waals surface area contributed by atoms with Crippen LogP contribution >= 0.6 is 23.5 Å². The average Bonchev–Trinajstić information content (AvgIpc) is 2.86. The normalized spacial score (nSPS) is 24.8. The van der Waals surface area contributed by atoms with Gasteiger partial charge in [-0.1, -0.05) is 13.8 Å². The van der Waals surface area contributed by atoms with E-state index in [2.05, 4.69) is 53.9 Å². The Balaban J connectivity index is 1.93. The van der Waals surface area contributed by atoms with Crippen molar-refractivity contribution in [1.82, 2.24) is 15.1 Å². The zero-order valence-electron chi connectivity index (χ0n) is 12.8. The number of hydrogen-bond donors (Lipinski definition) is 1. The Morgan fingerprint density at radius 1 is 1.45 bits per heavy atom. The monoisotopic (exact) mass is 313 g/mol. The van der Waals surface area contributed by atoms with E-state index in [-0.39, 0.29) is 0 Å². The van der Waals surface area contributed by atoms with Crippen LogP contribution in [0.4, 0.5) is 0 Å². The number of thioether (sulfide) groups is 2. The molecule has 3 nitrogen and oxygen atoms in total. The molecule has 1 aliphatic heterocycles. The van der Waals surface area contributed by atoms with Crippen molar-refractivity contribution >= 4 is 23.5 Å². The van der Waals surface area contributed by atoms with E-state index in [1.807, 2.05) is 17.9 Å². The van der Waals surface area contributed by atoms with Crippen molar-refractivity contribution in [2.24, 2.45) is 7.05 Å². The van der Waals surface area contributed by atoms with E-state index in [9.17, 15) is 0 Å². The number of nitrogens with one attached hydrogen (secondary N) is 1. The SMILES string of the molecule is CCCNC(CCc1ccnn1C)C1SCCSC1C. The van der Waals surface area contributed by atoms with E-state index in [4.69, 9.17) is 0 Å². The third kappa shape index (κ3) is 4.43. The lowest BCUT2D eigenvalue weighted by Crippen LogP contribution is -2.45. The summed E-state index contributed by atoms with van der Waals surface area (Å²) in [6, 6.07) is 2.76. The Morgan fingerprint density at radius 3 is 2.90 bits per heavy atom. The third-order valence-corrected chi connectivity index (χ3v) is 7.18. The lowest BCUT2D eigenvalue weighted by atomic mass is 10.0. The first-order valence-electron chi connectivity index (χ1n) is 7.65. The van der Waals surface area contributed by atoms with Crippen molar-refractivity contribution in [3.63, 3.8) is 0 Å². The maximum Gasteiger partial charge on any atom is 0.0492 e. The second-order valence-electron chi connectivity index (χ2n) is 5.46. The van der Waals surface area contributed by atoms with Gasteiger partial charge in [-0.15, -0.1) is 0 Å².